The predicted octanol–water partition coefficient (Wildman–Crippen LogP) is 4.03. The third-order valence-corrected chi connectivity index (χ3v) is 5.36. The lowest BCUT2D eigenvalue weighted by Crippen LogP contribution is -2.08. The number of rotatable bonds is 5. The number of hydrogen-bond acceptors (Lipinski definition) is 5. The summed E-state index contributed by atoms with van der Waals surface area (Å²) in [5.41, 5.74) is 5.46. The van der Waals surface area contributed by atoms with Gasteiger partial charge in [0.05, 0.1) is 39.8 Å². The lowest BCUT2D eigenvalue weighted by atomic mass is 9.85. The fraction of sp³-hybridized carbons (Fsp3) is 0.318. The second-order valence-corrected chi connectivity index (χ2v) is 6.81. The number of halogens is 1. The highest BCUT2D eigenvalue weighted by molar-refractivity contribution is 5.89. The molecule has 152 valence electrons. The number of fused-ring (bicyclic) bond motifs is 3. The zero-order chi connectivity index (χ0) is 20.7. The Labute approximate surface area is 168 Å². The van der Waals surface area contributed by atoms with Crippen molar-refractivity contribution in [1.82, 2.24) is 9.78 Å². The summed E-state index contributed by atoms with van der Waals surface area (Å²) in [5.74, 6) is 1.59. The number of methoxy groups -OCH3 is 4. The molecule has 0 saturated heterocycles. The minimum atomic E-state index is -0.416. The van der Waals surface area contributed by atoms with Crippen molar-refractivity contribution in [3.8, 4) is 45.4 Å². The maximum absolute atomic E-state index is 14.4. The zero-order valence-electron chi connectivity index (χ0n) is 17.1. The van der Waals surface area contributed by atoms with Gasteiger partial charge in [-0.25, -0.2) is 4.39 Å². The van der Waals surface area contributed by atoms with Gasteiger partial charge in [0.25, 0.3) is 0 Å². The quantitative estimate of drug-likeness (QED) is 0.650. The molecule has 0 radical (unpaired) electrons. The highest BCUT2D eigenvalue weighted by atomic mass is 19.1. The molecule has 0 spiro atoms. The molecule has 1 aromatic heterocycles. The van der Waals surface area contributed by atoms with Crippen LogP contribution in [-0.4, -0.2) is 38.2 Å². The molecule has 1 aliphatic rings. The summed E-state index contributed by atoms with van der Waals surface area (Å²) in [5, 5.41) is 4.70. The second-order valence-electron chi connectivity index (χ2n) is 6.81. The van der Waals surface area contributed by atoms with E-state index in [0.29, 0.717) is 17.2 Å². The van der Waals surface area contributed by atoms with Crippen molar-refractivity contribution in [1.29, 1.82) is 0 Å². The van der Waals surface area contributed by atoms with Gasteiger partial charge < -0.3 is 18.9 Å². The summed E-state index contributed by atoms with van der Waals surface area (Å²) < 4.78 is 38.1. The standard InChI is InChI=1S/C22H23FN2O4/c1-25-20(12-6-9-17(26-2)15(23)10-12)19-14-11-18(27-3)22(29-5)21(28-4)13(14)7-8-16(19)24-25/h6,9-11H,7-8H2,1-5H3. The number of aryl methyl sites for hydroxylation is 2. The van der Waals surface area contributed by atoms with Crippen LogP contribution in [0.2, 0.25) is 0 Å². The first kappa shape index (κ1) is 19.1. The minimum Gasteiger partial charge on any atom is -0.494 e. The largest absolute Gasteiger partial charge is 0.494 e. The van der Waals surface area contributed by atoms with Crippen LogP contribution in [0.1, 0.15) is 11.3 Å². The van der Waals surface area contributed by atoms with E-state index in [1.54, 1.807) is 32.1 Å². The van der Waals surface area contributed by atoms with Gasteiger partial charge in [-0.3, -0.25) is 4.68 Å². The molecule has 0 saturated carbocycles. The molecule has 2 aromatic carbocycles. The van der Waals surface area contributed by atoms with Crippen LogP contribution in [0, 0.1) is 5.82 Å². The van der Waals surface area contributed by atoms with Gasteiger partial charge >= 0.3 is 0 Å². The first-order valence-electron chi connectivity index (χ1n) is 9.26. The van der Waals surface area contributed by atoms with E-state index < -0.39 is 5.82 Å². The Hall–Kier alpha value is -3.22. The Kier molecular flexibility index (Phi) is 4.82. The van der Waals surface area contributed by atoms with Crippen LogP contribution in [0.5, 0.6) is 23.0 Å². The van der Waals surface area contributed by atoms with E-state index in [9.17, 15) is 4.39 Å². The summed E-state index contributed by atoms with van der Waals surface area (Å²) in [4.78, 5) is 0. The molecule has 3 aromatic rings. The Morgan fingerprint density at radius 3 is 2.24 bits per heavy atom. The maximum atomic E-state index is 14.4. The SMILES string of the molecule is COc1ccc(-c2c3c(nn2C)CCc2c-3cc(OC)c(OC)c2OC)cc1F. The average molecular weight is 398 g/mol. The molecule has 0 N–H and O–H groups in total. The van der Waals surface area contributed by atoms with Crippen LogP contribution >= 0.6 is 0 Å². The Balaban J connectivity index is 2.00. The number of hydrogen-bond donors (Lipinski definition) is 0. The minimum absolute atomic E-state index is 0.207. The number of ether oxygens (including phenoxy) is 4. The molecule has 0 fully saturated rings. The monoisotopic (exact) mass is 398 g/mol. The zero-order valence-corrected chi connectivity index (χ0v) is 17.1. The van der Waals surface area contributed by atoms with Gasteiger partial charge in [-0.05, 0) is 42.7 Å². The summed E-state index contributed by atoms with van der Waals surface area (Å²) in [6.07, 6.45) is 1.51. The highest BCUT2D eigenvalue weighted by Gasteiger charge is 2.30. The molecule has 1 heterocycles. The molecule has 1 aliphatic carbocycles. The molecule has 0 aliphatic heterocycles. The summed E-state index contributed by atoms with van der Waals surface area (Å²) in [6.45, 7) is 0. The van der Waals surface area contributed by atoms with E-state index >= 15 is 0 Å². The molecule has 6 nitrogen and oxygen atoms in total. The smallest absolute Gasteiger partial charge is 0.203 e. The highest BCUT2D eigenvalue weighted by Crippen LogP contribution is 2.50. The first-order valence-corrected chi connectivity index (χ1v) is 9.26. The van der Waals surface area contributed by atoms with Gasteiger partial charge in [0, 0.05) is 23.7 Å². The lowest BCUT2D eigenvalue weighted by molar-refractivity contribution is 0.322. The normalized spacial score (nSPS) is 12.2. The first-order chi connectivity index (χ1) is 14.0. The van der Waals surface area contributed by atoms with E-state index in [1.807, 2.05) is 19.2 Å². The van der Waals surface area contributed by atoms with Crippen LogP contribution in [0.4, 0.5) is 4.39 Å². The number of benzene rings is 2. The third-order valence-electron chi connectivity index (χ3n) is 5.36. The molecule has 29 heavy (non-hydrogen) atoms. The summed E-state index contributed by atoms with van der Waals surface area (Å²) >= 11 is 0. The summed E-state index contributed by atoms with van der Waals surface area (Å²) in [6, 6.07) is 6.89. The average Bonchev–Trinajstić information content (AvgIpc) is 3.08. The second kappa shape index (κ2) is 7.31. The van der Waals surface area contributed by atoms with Crippen LogP contribution in [-0.2, 0) is 19.9 Å². The summed E-state index contributed by atoms with van der Waals surface area (Å²) in [7, 11) is 8.13. The molecule has 0 bridgehead atoms. The van der Waals surface area contributed by atoms with E-state index in [0.717, 1.165) is 46.5 Å². The van der Waals surface area contributed by atoms with Crippen LogP contribution in [0.3, 0.4) is 0 Å². The Morgan fingerprint density at radius 1 is 0.897 bits per heavy atom. The molecular formula is C22H23FN2O4. The van der Waals surface area contributed by atoms with Crippen LogP contribution < -0.4 is 18.9 Å². The molecule has 4 rings (SSSR count). The third kappa shape index (κ3) is 2.88. The topological polar surface area (TPSA) is 54.7 Å². The van der Waals surface area contributed by atoms with E-state index in [4.69, 9.17) is 24.0 Å². The fourth-order valence-electron chi connectivity index (χ4n) is 4.11. The van der Waals surface area contributed by atoms with Gasteiger partial charge in [0.2, 0.25) is 5.75 Å². The van der Waals surface area contributed by atoms with E-state index in [-0.39, 0.29) is 5.75 Å². The van der Waals surface area contributed by atoms with Crippen molar-refractivity contribution in [3.05, 3.63) is 41.3 Å². The molecule has 0 atom stereocenters. The van der Waals surface area contributed by atoms with Gasteiger partial charge in [-0.1, -0.05) is 0 Å². The molecule has 7 heteroatoms. The molecule has 0 amide bonds. The predicted molar refractivity (Wildman–Crippen MR) is 108 cm³/mol. The van der Waals surface area contributed by atoms with Crippen LogP contribution in [0.15, 0.2) is 24.3 Å². The number of aromatic nitrogens is 2. The van der Waals surface area contributed by atoms with E-state index in [1.165, 1.54) is 13.2 Å². The van der Waals surface area contributed by atoms with Crippen LogP contribution in [0.25, 0.3) is 22.4 Å². The van der Waals surface area contributed by atoms with Gasteiger partial charge in [-0.15, -0.1) is 0 Å². The number of nitrogens with zero attached hydrogens (tertiary/aromatic N) is 2. The fourth-order valence-corrected chi connectivity index (χ4v) is 4.11. The Morgan fingerprint density at radius 2 is 1.62 bits per heavy atom. The lowest BCUT2D eigenvalue weighted by Gasteiger charge is -2.23. The Bertz CT molecular complexity index is 1090. The van der Waals surface area contributed by atoms with Crippen molar-refractivity contribution in [2.45, 2.75) is 12.8 Å². The maximum Gasteiger partial charge on any atom is 0.203 e. The van der Waals surface area contributed by atoms with E-state index in [2.05, 4.69) is 0 Å². The van der Waals surface area contributed by atoms with Gasteiger partial charge in [0.15, 0.2) is 23.1 Å². The van der Waals surface area contributed by atoms with Gasteiger partial charge in [-0.2, -0.15) is 5.10 Å². The van der Waals surface area contributed by atoms with Gasteiger partial charge in [0.1, 0.15) is 0 Å². The van der Waals surface area contributed by atoms with Crippen molar-refractivity contribution >= 4 is 0 Å². The van der Waals surface area contributed by atoms with Crippen molar-refractivity contribution in [2.24, 2.45) is 7.05 Å². The molecular weight excluding hydrogens is 375 g/mol. The van der Waals surface area contributed by atoms with Crippen molar-refractivity contribution < 1.29 is 23.3 Å². The van der Waals surface area contributed by atoms with Crippen molar-refractivity contribution in [3.63, 3.8) is 0 Å². The van der Waals surface area contributed by atoms with Crippen molar-refractivity contribution in [2.75, 3.05) is 28.4 Å². The molecule has 0 unspecified atom stereocenters.